The summed E-state index contributed by atoms with van der Waals surface area (Å²) in [5.74, 6) is -0.188. The summed E-state index contributed by atoms with van der Waals surface area (Å²) in [7, 11) is 0. The van der Waals surface area contributed by atoms with Gasteiger partial charge >= 0.3 is 0 Å². The number of fused-ring (bicyclic) bond motifs is 1. The van der Waals surface area contributed by atoms with Gasteiger partial charge in [-0.2, -0.15) is 11.3 Å². The van der Waals surface area contributed by atoms with Gasteiger partial charge in [-0.15, -0.1) is 10.1 Å². The third kappa shape index (κ3) is 1.52. The predicted octanol–water partition coefficient (Wildman–Crippen LogP) is 3.52. The van der Waals surface area contributed by atoms with Gasteiger partial charge < -0.3 is 0 Å². The molecule has 0 aliphatic heterocycles. The second kappa shape index (κ2) is 3.83. The fraction of sp³-hybridized carbons (Fsp3) is 0.250. The zero-order chi connectivity index (χ0) is 8.01. The molecule has 0 aliphatic rings. The van der Waals surface area contributed by atoms with Gasteiger partial charge in [0.15, 0.2) is 0 Å². The molecule has 0 saturated heterocycles. The van der Waals surface area contributed by atoms with E-state index in [-0.39, 0.29) is 38.5 Å². The smallest absolute Gasteiger partial charge is 0.0195 e. The molecule has 0 N–H and O–H groups in total. The normalized spacial score (nSPS) is 10.2. The summed E-state index contributed by atoms with van der Waals surface area (Å²) in [6.07, 6.45) is 0. The molecule has 2 aromatic rings. The molecule has 1 radical (unpaired) electrons. The molecule has 0 saturated carbocycles. The average Bonchev–Trinajstić information content (AvgIpc) is 2.41. The summed E-state index contributed by atoms with van der Waals surface area (Å²) < 4.78 is 14.0. The van der Waals surface area contributed by atoms with Crippen LogP contribution in [-0.2, 0) is 32.7 Å². The Morgan fingerprint density at radius 3 is 2.50 bits per heavy atom. The predicted molar refractivity (Wildman–Crippen MR) is 48.0 cm³/mol. The minimum absolute atomic E-state index is 0. The fourth-order valence-electron chi connectivity index (χ4n) is 1.19. The average molecular weight is 274 g/mol. The zero-order valence-corrected chi connectivity index (χ0v) is 11.2. The van der Waals surface area contributed by atoms with Crippen molar-refractivity contribution in [2.75, 3.05) is 0 Å². The van der Waals surface area contributed by atoms with Crippen molar-refractivity contribution >= 4 is 32.8 Å². The molecular formula is C8H6FS2Y-. The topological polar surface area (TPSA) is 0 Å². The van der Waals surface area contributed by atoms with E-state index in [0.717, 1.165) is 15.0 Å². The summed E-state index contributed by atoms with van der Waals surface area (Å²) in [5, 5.41) is 3.40. The molecule has 2 rings (SSSR count). The molecule has 0 unspecified atom stereocenters. The largest absolute Gasteiger partial charge is 0.292 e. The minimum atomic E-state index is -0.188. The van der Waals surface area contributed by atoms with Crippen LogP contribution in [0, 0.1) is 25.0 Å². The van der Waals surface area contributed by atoms with Gasteiger partial charge in [0, 0.05) is 38.5 Å². The molecule has 0 amide bonds. The first kappa shape index (κ1) is 10.8. The van der Waals surface area contributed by atoms with Gasteiger partial charge in [-0.25, -0.2) is 4.39 Å². The van der Waals surface area contributed by atoms with Gasteiger partial charge in [0.05, 0.1) is 0 Å². The van der Waals surface area contributed by atoms with Gasteiger partial charge in [0.1, 0.15) is 0 Å². The summed E-state index contributed by atoms with van der Waals surface area (Å²) in [6, 6.07) is 0. The van der Waals surface area contributed by atoms with E-state index in [4.69, 9.17) is 0 Å². The van der Waals surface area contributed by atoms with Gasteiger partial charge in [-0.3, -0.25) is 11.3 Å². The Hall–Kier alpha value is 0.694. The van der Waals surface area contributed by atoms with E-state index in [9.17, 15) is 4.39 Å². The summed E-state index contributed by atoms with van der Waals surface area (Å²) in [4.78, 5) is 2.26. The monoisotopic (exact) mass is 274 g/mol. The third-order valence-electron chi connectivity index (χ3n) is 1.67. The maximum atomic E-state index is 13.0. The zero-order valence-electron chi connectivity index (χ0n) is 6.77. The number of hydrogen-bond acceptors (Lipinski definition) is 2. The van der Waals surface area contributed by atoms with E-state index in [2.05, 4.69) is 5.38 Å². The standard InChI is InChI=1S/C8H6FS2.Y/c1-4-7-6(9)3-10-8(7)5(2)11-4;/h1-2H3;/q-1;. The van der Waals surface area contributed by atoms with E-state index < -0.39 is 0 Å². The Morgan fingerprint density at radius 1 is 1.25 bits per heavy atom. The maximum absolute atomic E-state index is 13.0. The van der Waals surface area contributed by atoms with Crippen molar-refractivity contribution in [3.8, 4) is 0 Å². The molecule has 0 spiro atoms. The van der Waals surface area contributed by atoms with Crippen LogP contribution in [0.3, 0.4) is 0 Å². The van der Waals surface area contributed by atoms with Crippen molar-refractivity contribution in [2.45, 2.75) is 13.8 Å². The molecular weight excluding hydrogens is 268 g/mol. The minimum Gasteiger partial charge on any atom is -0.292 e. The number of hydrogen-bond donors (Lipinski definition) is 0. The quantitative estimate of drug-likeness (QED) is 0.645. The van der Waals surface area contributed by atoms with Crippen LogP contribution in [-0.4, -0.2) is 0 Å². The van der Waals surface area contributed by atoms with Crippen LogP contribution in [0.25, 0.3) is 10.1 Å². The van der Waals surface area contributed by atoms with Crippen molar-refractivity contribution in [1.82, 2.24) is 0 Å². The molecule has 4 heteroatoms. The number of aryl methyl sites for hydroxylation is 2. The van der Waals surface area contributed by atoms with Crippen molar-refractivity contribution < 1.29 is 37.1 Å². The van der Waals surface area contributed by atoms with Crippen molar-refractivity contribution in [3.05, 3.63) is 21.0 Å². The molecule has 2 heterocycles. The second-order valence-corrected chi connectivity index (χ2v) is 4.68. The molecule has 0 fully saturated rings. The molecule has 12 heavy (non-hydrogen) atoms. The first-order valence-electron chi connectivity index (χ1n) is 3.26. The van der Waals surface area contributed by atoms with Gasteiger partial charge in [0.2, 0.25) is 0 Å². The molecule has 61 valence electrons. The van der Waals surface area contributed by atoms with E-state index in [0.29, 0.717) is 0 Å². The van der Waals surface area contributed by atoms with E-state index in [1.165, 1.54) is 16.2 Å². The van der Waals surface area contributed by atoms with Gasteiger partial charge in [0.25, 0.3) is 0 Å². The van der Waals surface area contributed by atoms with E-state index in [1.54, 1.807) is 11.3 Å². The number of halogens is 1. The Kier molecular flexibility index (Phi) is 3.44. The van der Waals surface area contributed by atoms with Crippen LogP contribution >= 0.6 is 22.7 Å². The molecule has 0 aromatic carbocycles. The summed E-state index contributed by atoms with van der Waals surface area (Å²) in [5.41, 5.74) is 0. The first-order valence-corrected chi connectivity index (χ1v) is 4.89. The molecule has 0 bridgehead atoms. The van der Waals surface area contributed by atoms with Crippen LogP contribution in [0.2, 0.25) is 0 Å². The third-order valence-corrected chi connectivity index (χ3v) is 3.81. The molecule has 0 nitrogen and oxygen atoms in total. The van der Waals surface area contributed by atoms with Crippen molar-refractivity contribution in [2.24, 2.45) is 0 Å². The fourth-order valence-corrected chi connectivity index (χ4v) is 3.23. The molecule has 2 aromatic heterocycles. The Labute approximate surface area is 104 Å². The summed E-state index contributed by atoms with van der Waals surface area (Å²) >= 11 is 3.03. The van der Waals surface area contributed by atoms with Crippen molar-refractivity contribution in [3.63, 3.8) is 0 Å². The SMILES string of the molecule is Cc1sc(C)c2c(F)[c-]sc12.[Y]. The first-order chi connectivity index (χ1) is 5.20. The molecule has 0 aliphatic carbocycles. The summed E-state index contributed by atoms with van der Waals surface area (Å²) in [6.45, 7) is 3.97. The van der Waals surface area contributed by atoms with E-state index in [1.807, 2.05) is 13.8 Å². The Morgan fingerprint density at radius 2 is 1.92 bits per heavy atom. The van der Waals surface area contributed by atoms with Crippen LogP contribution in [0.1, 0.15) is 9.75 Å². The van der Waals surface area contributed by atoms with Crippen LogP contribution in [0.4, 0.5) is 4.39 Å². The molecule has 0 atom stereocenters. The van der Waals surface area contributed by atoms with E-state index >= 15 is 0 Å². The van der Waals surface area contributed by atoms with Crippen molar-refractivity contribution in [1.29, 1.82) is 0 Å². The second-order valence-electron chi connectivity index (χ2n) is 2.44. The van der Waals surface area contributed by atoms with Crippen LogP contribution in [0.15, 0.2) is 0 Å². The van der Waals surface area contributed by atoms with Crippen LogP contribution in [0.5, 0.6) is 0 Å². The van der Waals surface area contributed by atoms with Crippen LogP contribution < -0.4 is 0 Å². The van der Waals surface area contributed by atoms with Gasteiger partial charge in [-0.05, 0) is 18.7 Å². The number of rotatable bonds is 0. The van der Waals surface area contributed by atoms with Gasteiger partial charge in [-0.1, -0.05) is 10.3 Å². The number of thiophene rings is 2. The maximum Gasteiger partial charge on any atom is 0.0195 e. The Bertz CT molecular complexity index is 402. The Balaban J connectivity index is 0.000000720.